The van der Waals surface area contributed by atoms with Crippen LogP contribution in [0.25, 0.3) is 0 Å². The molecule has 0 aromatic heterocycles. The molecule has 3 aliphatic rings. The van der Waals surface area contributed by atoms with Gasteiger partial charge in [-0.3, -0.25) is 4.79 Å². The van der Waals surface area contributed by atoms with E-state index in [2.05, 4.69) is 0 Å². The highest BCUT2D eigenvalue weighted by Gasteiger charge is 2.50. The van der Waals surface area contributed by atoms with Crippen molar-refractivity contribution in [1.82, 2.24) is 0 Å². The van der Waals surface area contributed by atoms with E-state index in [1.165, 1.54) is 7.11 Å². The number of ether oxygens (including phenoxy) is 1. The van der Waals surface area contributed by atoms with E-state index in [9.17, 15) is 4.79 Å². The second-order valence-corrected chi connectivity index (χ2v) is 4.63. The predicted molar refractivity (Wildman–Crippen MR) is 50.6 cm³/mol. The van der Waals surface area contributed by atoms with Gasteiger partial charge >= 0.3 is 5.97 Å². The summed E-state index contributed by atoms with van der Waals surface area (Å²) in [5.41, 5.74) is -0.171. The summed E-state index contributed by atoms with van der Waals surface area (Å²) in [5.74, 6) is -0.0192. The third-order valence-electron chi connectivity index (χ3n) is 3.92. The minimum atomic E-state index is -0.171. The summed E-state index contributed by atoms with van der Waals surface area (Å²) in [4.78, 5) is 11.6. The molecule has 0 unspecified atom stereocenters. The van der Waals surface area contributed by atoms with Crippen LogP contribution in [-0.4, -0.2) is 20.9 Å². The molecule has 0 saturated heterocycles. The molecule has 2 bridgehead atoms. The molecule has 0 heterocycles. The van der Waals surface area contributed by atoms with Crippen LogP contribution in [0.5, 0.6) is 0 Å². The van der Waals surface area contributed by atoms with E-state index in [1.807, 2.05) is 0 Å². The Balaban J connectivity index is 2.15. The maximum Gasteiger partial charge on any atom is 0.311 e. The Morgan fingerprint density at radius 2 is 1.62 bits per heavy atom. The molecule has 0 atom stereocenters. The molecule has 3 rings (SSSR count). The van der Waals surface area contributed by atoms with E-state index in [0.29, 0.717) is 0 Å². The monoisotopic (exact) mass is 178 g/mol. The molecule has 0 aliphatic heterocycles. The van der Waals surface area contributed by atoms with Crippen molar-refractivity contribution < 1.29 is 9.53 Å². The highest BCUT2D eigenvalue weighted by molar-refractivity contribution is 6.15. The first-order valence-corrected chi connectivity index (χ1v) is 4.98. The zero-order chi connectivity index (χ0) is 9.53. The Kier molecular flexibility index (Phi) is 1.93. The minimum Gasteiger partial charge on any atom is -0.469 e. The summed E-state index contributed by atoms with van der Waals surface area (Å²) in [7, 11) is 7.63. The fourth-order valence-electron chi connectivity index (χ4n) is 2.74. The second-order valence-electron chi connectivity index (χ2n) is 4.63. The Morgan fingerprint density at radius 1 is 1.15 bits per heavy atom. The third kappa shape index (κ3) is 1.29. The maximum absolute atomic E-state index is 11.6. The quantitative estimate of drug-likeness (QED) is 0.452. The molecule has 13 heavy (non-hydrogen) atoms. The van der Waals surface area contributed by atoms with Crippen LogP contribution in [0.15, 0.2) is 0 Å². The number of carbonyl (C=O) groups excluding carboxylic acids is 1. The zero-order valence-electron chi connectivity index (χ0n) is 8.14. The van der Waals surface area contributed by atoms with Crippen LogP contribution in [0.1, 0.15) is 38.5 Å². The SMILES string of the molecule is [B]C12CCC(C(=O)OC)(CC1)CC2. The van der Waals surface area contributed by atoms with Gasteiger partial charge in [-0.15, -0.1) is 0 Å². The first-order chi connectivity index (χ1) is 6.10. The van der Waals surface area contributed by atoms with Gasteiger partial charge in [0.25, 0.3) is 0 Å². The number of hydrogen-bond donors (Lipinski definition) is 0. The van der Waals surface area contributed by atoms with Gasteiger partial charge in [0.15, 0.2) is 0 Å². The molecule has 0 aromatic rings. The molecular formula is C10H15BO2. The molecule has 3 saturated carbocycles. The van der Waals surface area contributed by atoms with E-state index in [1.54, 1.807) is 0 Å². The van der Waals surface area contributed by atoms with Crippen molar-refractivity contribution in [2.75, 3.05) is 7.11 Å². The molecule has 3 heteroatoms. The van der Waals surface area contributed by atoms with Gasteiger partial charge in [0.1, 0.15) is 0 Å². The van der Waals surface area contributed by atoms with Gasteiger partial charge in [0, 0.05) is 0 Å². The van der Waals surface area contributed by atoms with Crippen LogP contribution in [0, 0.1) is 5.41 Å². The lowest BCUT2D eigenvalue weighted by Gasteiger charge is -2.50. The van der Waals surface area contributed by atoms with Gasteiger partial charge < -0.3 is 4.74 Å². The average molecular weight is 178 g/mol. The second kappa shape index (κ2) is 2.76. The van der Waals surface area contributed by atoms with Crippen molar-refractivity contribution in [3.8, 4) is 0 Å². The smallest absolute Gasteiger partial charge is 0.311 e. The van der Waals surface area contributed by atoms with Crippen LogP contribution in [-0.2, 0) is 9.53 Å². The predicted octanol–water partition coefficient (Wildman–Crippen LogP) is 1.84. The molecule has 0 N–H and O–H groups in total. The molecule has 0 amide bonds. The molecule has 0 aromatic carbocycles. The molecule has 2 radical (unpaired) electrons. The summed E-state index contributed by atoms with van der Waals surface area (Å²) in [6, 6.07) is 0. The van der Waals surface area contributed by atoms with Crippen molar-refractivity contribution in [2.45, 2.75) is 43.8 Å². The van der Waals surface area contributed by atoms with Crippen molar-refractivity contribution in [3.05, 3.63) is 0 Å². The molecular weight excluding hydrogens is 163 g/mol. The Labute approximate surface area is 80.4 Å². The van der Waals surface area contributed by atoms with Gasteiger partial charge in [-0.2, -0.15) is 0 Å². The molecule has 70 valence electrons. The van der Waals surface area contributed by atoms with Crippen LogP contribution in [0.4, 0.5) is 0 Å². The lowest BCUT2D eigenvalue weighted by atomic mass is 9.47. The largest absolute Gasteiger partial charge is 0.469 e. The molecule has 3 fully saturated rings. The summed E-state index contributed by atoms with van der Waals surface area (Å²) < 4.78 is 4.86. The van der Waals surface area contributed by atoms with Crippen LogP contribution < -0.4 is 0 Å². The van der Waals surface area contributed by atoms with Crippen LogP contribution in [0.2, 0.25) is 5.31 Å². The summed E-state index contributed by atoms with van der Waals surface area (Å²) in [6.45, 7) is 0. The molecule has 2 nitrogen and oxygen atoms in total. The first kappa shape index (κ1) is 9.10. The van der Waals surface area contributed by atoms with Gasteiger partial charge in [-0.05, 0) is 19.3 Å². The standard InChI is InChI=1S/C10H15BO2/c1-13-8(12)9-2-5-10(11,6-3-9)7-4-9/h2-7H2,1H3. The fraction of sp³-hybridized carbons (Fsp3) is 0.900. The third-order valence-corrected chi connectivity index (χ3v) is 3.92. The highest BCUT2D eigenvalue weighted by Crippen LogP contribution is 2.59. The number of fused-ring (bicyclic) bond motifs is 3. The minimum absolute atomic E-state index is 0.0192. The van der Waals surface area contributed by atoms with Crippen LogP contribution in [0.3, 0.4) is 0 Å². The lowest BCUT2D eigenvalue weighted by molar-refractivity contribution is -0.158. The molecule has 0 spiro atoms. The summed E-state index contributed by atoms with van der Waals surface area (Å²) in [6.07, 6.45) is 5.74. The normalized spacial score (nSPS) is 43.2. The number of carbonyl (C=O) groups is 1. The van der Waals surface area contributed by atoms with Gasteiger partial charge in [-0.1, -0.05) is 24.6 Å². The van der Waals surface area contributed by atoms with Crippen molar-refractivity contribution in [1.29, 1.82) is 0 Å². The van der Waals surface area contributed by atoms with Crippen molar-refractivity contribution in [2.24, 2.45) is 5.41 Å². The Hall–Kier alpha value is -0.465. The van der Waals surface area contributed by atoms with E-state index in [0.717, 1.165) is 38.5 Å². The lowest BCUT2D eigenvalue weighted by Crippen LogP contribution is -2.43. The van der Waals surface area contributed by atoms with E-state index >= 15 is 0 Å². The molecule has 3 aliphatic carbocycles. The summed E-state index contributed by atoms with van der Waals surface area (Å²) in [5, 5.41) is 0.0375. The van der Waals surface area contributed by atoms with Crippen LogP contribution >= 0.6 is 0 Å². The van der Waals surface area contributed by atoms with Gasteiger partial charge in [-0.25, -0.2) is 0 Å². The topological polar surface area (TPSA) is 26.3 Å². The van der Waals surface area contributed by atoms with E-state index < -0.39 is 0 Å². The Morgan fingerprint density at radius 3 is 2.00 bits per heavy atom. The van der Waals surface area contributed by atoms with Gasteiger partial charge in [0.2, 0.25) is 0 Å². The van der Waals surface area contributed by atoms with E-state index in [4.69, 9.17) is 12.6 Å². The number of esters is 1. The first-order valence-electron chi connectivity index (χ1n) is 4.98. The number of methoxy groups -OCH3 is 1. The number of hydrogen-bond acceptors (Lipinski definition) is 2. The van der Waals surface area contributed by atoms with Crippen molar-refractivity contribution >= 4 is 13.8 Å². The van der Waals surface area contributed by atoms with E-state index in [-0.39, 0.29) is 16.7 Å². The zero-order valence-corrected chi connectivity index (χ0v) is 8.14. The van der Waals surface area contributed by atoms with Crippen molar-refractivity contribution in [3.63, 3.8) is 0 Å². The number of rotatable bonds is 1. The Bertz CT molecular complexity index is 213. The summed E-state index contributed by atoms with van der Waals surface area (Å²) >= 11 is 0. The maximum atomic E-state index is 11.6. The van der Waals surface area contributed by atoms with Gasteiger partial charge in [0.05, 0.1) is 20.4 Å². The average Bonchev–Trinajstić information content (AvgIpc) is 2.18. The fourth-order valence-corrected chi connectivity index (χ4v) is 2.74. The highest BCUT2D eigenvalue weighted by atomic mass is 16.5.